The van der Waals surface area contributed by atoms with E-state index in [1.165, 1.54) is 6.07 Å². The van der Waals surface area contributed by atoms with Crippen molar-refractivity contribution >= 4 is 45.9 Å². The molecule has 10 heteroatoms. The van der Waals surface area contributed by atoms with Gasteiger partial charge in [0.25, 0.3) is 0 Å². The Hall–Kier alpha value is -2.06. The molecule has 2 aromatic rings. The van der Waals surface area contributed by atoms with E-state index in [2.05, 4.69) is 4.74 Å². The number of carbonyl (C=O) groups is 2. The fourth-order valence-electron chi connectivity index (χ4n) is 2.23. The Morgan fingerprint density at radius 1 is 1.00 bits per heavy atom. The maximum Gasteiger partial charge on any atom is 0.340 e. The van der Waals surface area contributed by atoms with E-state index < -0.39 is 37.3 Å². The monoisotopic (exact) mass is 440 g/mol. The van der Waals surface area contributed by atoms with Crippen molar-refractivity contribution in [3.8, 4) is 5.75 Å². The van der Waals surface area contributed by atoms with Gasteiger partial charge in [-0.3, -0.25) is 9.59 Å². The number of esters is 2. The summed E-state index contributed by atoms with van der Waals surface area (Å²) >= 11 is 12.2. The van der Waals surface area contributed by atoms with E-state index in [1.807, 2.05) is 0 Å². The summed E-state index contributed by atoms with van der Waals surface area (Å²) in [6, 6.07) is 8.26. The second kappa shape index (κ2) is 9.43. The van der Waals surface area contributed by atoms with Crippen molar-refractivity contribution in [2.75, 3.05) is 6.61 Å². The highest BCUT2D eigenvalue weighted by Crippen LogP contribution is 2.38. The summed E-state index contributed by atoms with van der Waals surface area (Å²) in [6.45, 7) is -1.72. The predicted molar refractivity (Wildman–Crippen MR) is 95.4 cm³/mol. The van der Waals surface area contributed by atoms with Crippen LogP contribution in [0.25, 0.3) is 10.8 Å². The zero-order valence-electron chi connectivity index (χ0n) is 14.2. The number of hydrogen-bond donors (Lipinski definition) is 0. The third-order valence-corrected chi connectivity index (χ3v) is 4.22. The largest absolute Gasteiger partial charge is 0.459 e. The van der Waals surface area contributed by atoms with Crippen molar-refractivity contribution in [3.05, 3.63) is 40.4 Å². The van der Waals surface area contributed by atoms with E-state index in [4.69, 9.17) is 27.9 Å². The van der Waals surface area contributed by atoms with Crippen molar-refractivity contribution in [1.29, 1.82) is 0 Å². The van der Waals surface area contributed by atoms with Crippen LogP contribution in [0.2, 0.25) is 10.0 Å². The van der Waals surface area contributed by atoms with Gasteiger partial charge in [-0.25, -0.2) is 8.78 Å². The summed E-state index contributed by atoms with van der Waals surface area (Å²) in [7, 11) is 0. The number of benzene rings is 2. The van der Waals surface area contributed by atoms with Gasteiger partial charge in [0.1, 0.15) is 0 Å². The molecule has 0 heterocycles. The Kier molecular flexibility index (Phi) is 7.48. The molecule has 0 amide bonds. The summed E-state index contributed by atoms with van der Waals surface area (Å²) in [5.74, 6) is -6.16. The maximum atomic E-state index is 12.7. The maximum absolute atomic E-state index is 12.7. The van der Waals surface area contributed by atoms with Gasteiger partial charge in [0.2, 0.25) is 0 Å². The first-order chi connectivity index (χ1) is 13.1. The highest BCUT2D eigenvalue weighted by Gasteiger charge is 2.42. The average molecular weight is 441 g/mol. The van der Waals surface area contributed by atoms with E-state index in [0.717, 1.165) is 0 Å². The van der Waals surface area contributed by atoms with Crippen LogP contribution in [-0.4, -0.2) is 30.9 Å². The normalized spacial score (nSPS) is 11.7. The number of hydrogen-bond acceptors (Lipinski definition) is 4. The van der Waals surface area contributed by atoms with Crippen molar-refractivity contribution in [3.63, 3.8) is 0 Å². The fourth-order valence-corrected chi connectivity index (χ4v) is 2.81. The minimum Gasteiger partial charge on any atom is -0.459 e. The number of alkyl halides is 4. The summed E-state index contributed by atoms with van der Waals surface area (Å²) in [5, 5.41) is 1.64. The average Bonchev–Trinajstić information content (AvgIpc) is 2.63. The van der Waals surface area contributed by atoms with Crippen LogP contribution in [0.4, 0.5) is 17.6 Å². The van der Waals surface area contributed by atoms with Gasteiger partial charge in [-0.1, -0.05) is 47.5 Å². The second-order valence-corrected chi connectivity index (χ2v) is 6.58. The van der Waals surface area contributed by atoms with Gasteiger partial charge in [0.15, 0.2) is 12.4 Å². The molecular weight excluding hydrogens is 427 g/mol. The lowest BCUT2D eigenvalue weighted by Gasteiger charge is -2.15. The minimum atomic E-state index is -4.42. The molecule has 0 spiro atoms. The van der Waals surface area contributed by atoms with Crippen LogP contribution < -0.4 is 4.74 Å². The van der Waals surface area contributed by atoms with E-state index in [0.29, 0.717) is 15.8 Å². The predicted octanol–water partition coefficient (Wildman–Crippen LogP) is 5.67. The van der Waals surface area contributed by atoms with Crippen molar-refractivity contribution in [1.82, 2.24) is 0 Å². The molecule has 152 valence electrons. The Balaban J connectivity index is 1.89. The third kappa shape index (κ3) is 5.72. The van der Waals surface area contributed by atoms with Gasteiger partial charge < -0.3 is 9.47 Å². The Bertz CT molecular complexity index is 874. The summed E-state index contributed by atoms with van der Waals surface area (Å²) in [6.07, 6.45) is -4.67. The molecule has 0 N–H and O–H groups in total. The first-order valence-electron chi connectivity index (χ1n) is 8.01. The van der Waals surface area contributed by atoms with Crippen molar-refractivity contribution in [2.45, 2.75) is 31.6 Å². The first kappa shape index (κ1) is 22.2. The molecule has 0 atom stereocenters. The molecule has 28 heavy (non-hydrogen) atoms. The Labute approximate surface area is 167 Å². The van der Waals surface area contributed by atoms with Gasteiger partial charge >= 0.3 is 24.3 Å². The van der Waals surface area contributed by atoms with Gasteiger partial charge in [-0.05, 0) is 12.5 Å². The van der Waals surface area contributed by atoms with E-state index in [9.17, 15) is 27.2 Å². The van der Waals surface area contributed by atoms with Gasteiger partial charge in [0, 0.05) is 23.6 Å². The standard InChI is InChI=1S/C18H14Cl2F4O4/c19-12-8-13(20)16(11-5-2-1-4-10(11)12)28-15(26)7-3-6-14(25)27-9-18(23,24)17(21)22/h1-2,4-5,8,17H,3,6-7,9H2. The SMILES string of the molecule is O=C(CCCC(=O)Oc1c(Cl)cc(Cl)c2ccccc12)OCC(F)(F)C(F)F. The van der Waals surface area contributed by atoms with Crippen molar-refractivity contribution < 1.29 is 36.6 Å². The van der Waals surface area contributed by atoms with E-state index >= 15 is 0 Å². The molecule has 0 saturated heterocycles. The van der Waals surface area contributed by atoms with Crippen molar-refractivity contribution in [2.24, 2.45) is 0 Å². The quantitative estimate of drug-likeness (QED) is 0.301. The molecule has 0 aliphatic rings. The highest BCUT2D eigenvalue weighted by atomic mass is 35.5. The van der Waals surface area contributed by atoms with Crippen LogP contribution in [0.1, 0.15) is 19.3 Å². The molecule has 0 radical (unpaired) electrons. The second-order valence-electron chi connectivity index (χ2n) is 5.76. The first-order valence-corrected chi connectivity index (χ1v) is 8.76. The molecule has 0 fully saturated rings. The molecule has 0 aromatic heterocycles. The van der Waals surface area contributed by atoms with E-state index in [-0.39, 0.29) is 23.6 Å². The zero-order valence-corrected chi connectivity index (χ0v) is 15.7. The number of fused-ring (bicyclic) bond motifs is 1. The van der Waals surface area contributed by atoms with Crippen LogP contribution in [0.5, 0.6) is 5.75 Å². The number of rotatable bonds is 8. The number of carbonyl (C=O) groups excluding carboxylic acids is 2. The molecule has 0 aliphatic carbocycles. The summed E-state index contributed by atoms with van der Waals surface area (Å²) < 4.78 is 58.6. The summed E-state index contributed by atoms with van der Waals surface area (Å²) in [4.78, 5) is 23.3. The van der Waals surface area contributed by atoms with Gasteiger partial charge in [-0.15, -0.1) is 0 Å². The zero-order chi connectivity index (χ0) is 20.9. The smallest absolute Gasteiger partial charge is 0.340 e. The van der Waals surface area contributed by atoms with Crippen LogP contribution in [0, 0.1) is 0 Å². The van der Waals surface area contributed by atoms with Crippen LogP contribution in [0.3, 0.4) is 0 Å². The lowest BCUT2D eigenvalue weighted by atomic mass is 10.1. The van der Waals surface area contributed by atoms with Gasteiger partial charge in [-0.2, -0.15) is 8.78 Å². The minimum absolute atomic E-state index is 0.0823. The molecule has 4 nitrogen and oxygen atoms in total. The third-order valence-electron chi connectivity index (χ3n) is 3.62. The molecule has 0 aliphatic heterocycles. The molecule has 0 unspecified atom stereocenters. The number of halogens is 6. The molecular formula is C18H14Cl2F4O4. The Morgan fingerprint density at radius 3 is 2.25 bits per heavy atom. The molecule has 0 bridgehead atoms. The van der Waals surface area contributed by atoms with E-state index in [1.54, 1.807) is 24.3 Å². The van der Waals surface area contributed by atoms with Gasteiger partial charge in [0.05, 0.1) is 10.0 Å². The topological polar surface area (TPSA) is 52.6 Å². The van der Waals surface area contributed by atoms with Crippen LogP contribution in [0.15, 0.2) is 30.3 Å². The fraction of sp³-hybridized carbons (Fsp3) is 0.333. The highest BCUT2D eigenvalue weighted by molar-refractivity contribution is 6.40. The van der Waals surface area contributed by atoms with Crippen LogP contribution in [-0.2, 0) is 14.3 Å². The summed E-state index contributed by atoms with van der Waals surface area (Å²) in [5.41, 5.74) is 0. The molecule has 2 aromatic carbocycles. The lowest BCUT2D eigenvalue weighted by molar-refractivity contribution is -0.179. The molecule has 0 saturated carbocycles. The Morgan fingerprint density at radius 2 is 1.61 bits per heavy atom. The molecule has 2 rings (SSSR count). The lowest BCUT2D eigenvalue weighted by Crippen LogP contribution is -2.33. The number of ether oxygens (including phenoxy) is 2. The van der Waals surface area contributed by atoms with Crippen LogP contribution >= 0.6 is 23.2 Å².